The summed E-state index contributed by atoms with van der Waals surface area (Å²) in [5, 5.41) is 0. The summed E-state index contributed by atoms with van der Waals surface area (Å²) in [5.41, 5.74) is 3.15. The van der Waals surface area contributed by atoms with Gasteiger partial charge in [0.25, 0.3) is 5.91 Å². The van der Waals surface area contributed by atoms with Gasteiger partial charge in [-0.1, -0.05) is 64.3 Å². The van der Waals surface area contributed by atoms with E-state index in [-0.39, 0.29) is 17.8 Å². The molecule has 1 heterocycles. The van der Waals surface area contributed by atoms with Gasteiger partial charge in [-0.3, -0.25) is 4.79 Å². The van der Waals surface area contributed by atoms with Crippen molar-refractivity contribution in [3.8, 4) is 5.75 Å². The fourth-order valence-corrected chi connectivity index (χ4v) is 5.17. The third-order valence-corrected chi connectivity index (χ3v) is 7.01. The largest absolute Gasteiger partial charge is 0.490 e. The maximum Gasteiger partial charge on any atom is 0.258 e. The Balaban J connectivity index is 0.000000302. The van der Waals surface area contributed by atoms with Crippen molar-refractivity contribution in [1.82, 2.24) is 4.90 Å². The first-order chi connectivity index (χ1) is 16.5. The molecule has 4 heteroatoms. The molecule has 2 aromatic rings. The van der Waals surface area contributed by atoms with Crippen molar-refractivity contribution in [1.29, 1.82) is 0 Å². The molecule has 1 saturated carbocycles. The molecule has 0 aromatic heterocycles. The highest BCUT2D eigenvalue weighted by Gasteiger charge is 2.32. The Morgan fingerprint density at radius 3 is 2.26 bits per heavy atom. The van der Waals surface area contributed by atoms with Crippen LogP contribution in [0.5, 0.6) is 5.75 Å². The van der Waals surface area contributed by atoms with Gasteiger partial charge in [-0.05, 0) is 80.2 Å². The molecular formula is C30H42FNO2. The predicted molar refractivity (Wildman–Crippen MR) is 138 cm³/mol. The van der Waals surface area contributed by atoms with E-state index in [0.717, 1.165) is 49.2 Å². The van der Waals surface area contributed by atoms with E-state index in [4.69, 9.17) is 4.74 Å². The summed E-state index contributed by atoms with van der Waals surface area (Å²) in [6.07, 6.45) is 12.1. The number of hydrogen-bond donors (Lipinski definition) is 0. The molecule has 0 atom stereocenters. The van der Waals surface area contributed by atoms with Crippen LogP contribution < -0.4 is 4.74 Å². The SMILES string of the molecule is CCCC(CCC)CN1Cc2cccc(OC3CCCCC3)c2C1=O.CCc1ccc(F)cc1. The lowest BCUT2D eigenvalue weighted by Gasteiger charge is -2.24. The summed E-state index contributed by atoms with van der Waals surface area (Å²) in [4.78, 5) is 15.1. The standard InChI is InChI=1S/C22H33NO2.C8H9F/c1-3-9-17(10-4-2)15-23-16-18-11-8-14-20(21(18)22(23)24)25-19-12-6-5-7-13-19;1-2-7-3-5-8(9)6-4-7/h8,11,14,17,19H,3-7,9-10,12-13,15-16H2,1-2H3;3-6H,2H2,1H3. The van der Waals surface area contributed by atoms with Crippen molar-refractivity contribution < 1.29 is 13.9 Å². The van der Waals surface area contributed by atoms with E-state index in [1.807, 2.05) is 24.0 Å². The Morgan fingerprint density at radius 2 is 1.65 bits per heavy atom. The van der Waals surface area contributed by atoms with Crippen LogP contribution in [0.4, 0.5) is 4.39 Å². The first kappa shape index (κ1) is 26.2. The summed E-state index contributed by atoms with van der Waals surface area (Å²) in [6.45, 7) is 8.16. The molecule has 0 N–H and O–H groups in total. The molecule has 0 spiro atoms. The average Bonchev–Trinajstić information content (AvgIpc) is 3.17. The number of ether oxygens (including phenoxy) is 1. The summed E-state index contributed by atoms with van der Waals surface area (Å²) in [6, 6.07) is 12.7. The Hall–Kier alpha value is -2.36. The average molecular weight is 468 g/mol. The Morgan fingerprint density at radius 1 is 0.971 bits per heavy atom. The van der Waals surface area contributed by atoms with Crippen molar-refractivity contribution in [2.24, 2.45) is 5.92 Å². The summed E-state index contributed by atoms with van der Waals surface area (Å²) >= 11 is 0. The maximum absolute atomic E-state index is 13.0. The summed E-state index contributed by atoms with van der Waals surface area (Å²) in [5.74, 6) is 1.46. The van der Waals surface area contributed by atoms with Crippen LogP contribution in [-0.4, -0.2) is 23.5 Å². The number of hydrogen-bond acceptors (Lipinski definition) is 2. The van der Waals surface area contributed by atoms with Gasteiger partial charge < -0.3 is 9.64 Å². The van der Waals surface area contributed by atoms with Gasteiger partial charge >= 0.3 is 0 Å². The minimum absolute atomic E-state index is 0.160. The number of carbonyl (C=O) groups excluding carboxylic acids is 1. The van der Waals surface area contributed by atoms with E-state index >= 15 is 0 Å². The zero-order chi connectivity index (χ0) is 24.3. The van der Waals surface area contributed by atoms with Crippen LogP contribution in [0.2, 0.25) is 0 Å². The zero-order valence-electron chi connectivity index (χ0n) is 21.3. The van der Waals surface area contributed by atoms with Crippen LogP contribution in [0.3, 0.4) is 0 Å². The highest BCUT2D eigenvalue weighted by Crippen LogP contribution is 2.34. The Bertz CT molecular complexity index is 883. The number of carbonyl (C=O) groups is 1. The lowest BCUT2D eigenvalue weighted by Crippen LogP contribution is -2.30. The number of rotatable bonds is 9. The fraction of sp³-hybridized carbons (Fsp3) is 0.567. The number of halogens is 1. The van der Waals surface area contributed by atoms with E-state index in [1.54, 1.807) is 12.1 Å². The second kappa shape index (κ2) is 13.5. The third-order valence-electron chi connectivity index (χ3n) is 7.01. The van der Waals surface area contributed by atoms with E-state index in [2.05, 4.69) is 19.9 Å². The minimum atomic E-state index is -0.160. The number of aryl methyl sites for hydroxylation is 1. The minimum Gasteiger partial charge on any atom is -0.490 e. The molecule has 0 bridgehead atoms. The summed E-state index contributed by atoms with van der Waals surface area (Å²) < 4.78 is 18.5. The van der Waals surface area contributed by atoms with Crippen LogP contribution in [0.25, 0.3) is 0 Å². The number of fused-ring (bicyclic) bond motifs is 1. The molecule has 186 valence electrons. The van der Waals surface area contributed by atoms with Crippen molar-refractivity contribution in [2.75, 3.05) is 6.54 Å². The van der Waals surface area contributed by atoms with Gasteiger partial charge in [-0.25, -0.2) is 4.39 Å². The van der Waals surface area contributed by atoms with Crippen LogP contribution in [0.15, 0.2) is 42.5 Å². The predicted octanol–water partition coefficient (Wildman–Crippen LogP) is 7.96. The number of benzene rings is 2. The van der Waals surface area contributed by atoms with Crippen LogP contribution >= 0.6 is 0 Å². The number of amides is 1. The Labute approximate surface area is 205 Å². The van der Waals surface area contributed by atoms with Gasteiger partial charge in [0.2, 0.25) is 0 Å². The molecule has 2 aliphatic rings. The van der Waals surface area contributed by atoms with Gasteiger partial charge in [0.1, 0.15) is 11.6 Å². The highest BCUT2D eigenvalue weighted by atomic mass is 19.1. The molecule has 1 fully saturated rings. The molecule has 0 radical (unpaired) electrons. The molecule has 0 unspecified atom stereocenters. The van der Waals surface area contributed by atoms with E-state index in [9.17, 15) is 9.18 Å². The molecule has 0 saturated heterocycles. The molecule has 1 amide bonds. The van der Waals surface area contributed by atoms with Crippen LogP contribution in [0, 0.1) is 11.7 Å². The maximum atomic E-state index is 13.0. The summed E-state index contributed by atoms with van der Waals surface area (Å²) in [7, 11) is 0. The second-order valence-electron chi connectivity index (χ2n) is 9.78. The van der Waals surface area contributed by atoms with E-state index < -0.39 is 0 Å². The van der Waals surface area contributed by atoms with Crippen LogP contribution in [-0.2, 0) is 13.0 Å². The van der Waals surface area contributed by atoms with Crippen molar-refractivity contribution >= 4 is 5.91 Å². The highest BCUT2D eigenvalue weighted by molar-refractivity contribution is 6.01. The van der Waals surface area contributed by atoms with Gasteiger partial charge in [0, 0.05) is 13.1 Å². The zero-order valence-corrected chi connectivity index (χ0v) is 21.3. The van der Waals surface area contributed by atoms with Crippen molar-refractivity contribution in [2.45, 2.75) is 97.6 Å². The van der Waals surface area contributed by atoms with Gasteiger partial charge in [-0.15, -0.1) is 0 Å². The molecular weight excluding hydrogens is 425 g/mol. The second-order valence-corrected chi connectivity index (χ2v) is 9.78. The number of nitrogens with zero attached hydrogens (tertiary/aromatic N) is 1. The fourth-order valence-electron chi connectivity index (χ4n) is 5.17. The lowest BCUT2D eigenvalue weighted by molar-refractivity contribution is 0.0737. The molecule has 1 aliphatic heterocycles. The monoisotopic (exact) mass is 467 g/mol. The quantitative estimate of drug-likeness (QED) is 0.374. The smallest absolute Gasteiger partial charge is 0.258 e. The Kier molecular flexibility index (Phi) is 10.4. The van der Waals surface area contributed by atoms with Crippen molar-refractivity contribution in [3.05, 3.63) is 65.0 Å². The molecule has 2 aromatic carbocycles. The van der Waals surface area contributed by atoms with Crippen LogP contribution in [0.1, 0.15) is 100 Å². The first-order valence-electron chi connectivity index (χ1n) is 13.4. The lowest BCUT2D eigenvalue weighted by atomic mass is 9.97. The molecule has 1 aliphatic carbocycles. The van der Waals surface area contributed by atoms with Crippen molar-refractivity contribution in [3.63, 3.8) is 0 Å². The normalized spacial score (nSPS) is 15.8. The topological polar surface area (TPSA) is 29.5 Å². The van der Waals surface area contributed by atoms with E-state index in [1.165, 1.54) is 62.6 Å². The van der Waals surface area contributed by atoms with Gasteiger partial charge in [-0.2, -0.15) is 0 Å². The molecule has 4 rings (SSSR count). The third kappa shape index (κ3) is 7.32. The molecule has 34 heavy (non-hydrogen) atoms. The molecule has 3 nitrogen and oxygen atoms in total. The van der Waals surface area contributed by atoms with E-state index in [0.29, 0.717) is 5.92 Å². The van der Waals surface area contributed by atoms with Gasteiger partial charge in [0.05, 0.1) is 11.7 Å². The van der Waals surface area contributed by atoms with Gasteiger partial charge in [0.15, 0.2) is 0 Å². The first-order valence-corrected chi connectivity index (χ1v) is 13.4.